The van der Waals surface area contributed by atoms with Crippen LogP contribution in [0.5, 0.6) is 5.75 Å². The van der Waals surface area contributed by atoms with Gasteiger partial charge in [0, 0.05) is 35.3 Å². The minimum Gasteiger partial charge on any atom is -0.404 e. The van der Waals surface area contributed by atoms with Crippen LogP contribution in [0.2, 0.25) is 5.02 Å². The highest BCUT2D eigenvalue weighted by Crippen LogP contribution is 2.40. The van der Waals surface area contributed by atoms with Crippen LogP contribution in [-0.4, -0.2) is 33.7 Å². The first-order valence-electron chi connectivity index (χ1n) is 11.3. The van der Waals surface area contributed by atoms with Crippen molar-refractivity contribution in [3.8, 4) is 5.75 Å². The molecular formula is C25H23ClF2N3O6P. The summed E-state index contributed by atoms with van der Waals surface area (Å²) in [5.74, 6) is -2.49. The Morgan fingerprint density at radius 2 is 1.76 bits per heavy atom. The van der Waals surface area contributed by atoms with Gasteiger partial charge in [0.05, 0.1) is 18.3 Å². The second kappa shape index (κ2) is 10.7. The summed E-state index contributed by atoms with van der Waals surface area (Å²) in [6, 6.07) is 11.5. The fraction of sp³-hybridized carbons (Fsp3) is 0.200. The Morgan fingerprint density at radius 1 is 1.11 bits per heavy atom. The highest BCUT2D eigenvalue weighted by atomic mass is 35.5. The molecule has 9 nitrogen and oxygen atoms in total. The van der Waals surface area contributed by atoms with Crippen molar-refractivity contribution in [1.29, 1.82) is 0 Å². The van der Waals surface area contributed by atoms with E-state index >= 15 is 0 Å². The van der Waals surface area contributed by atoms with Crippen LogP contribution in [0, 0.1) is 11.6 Å². The number of carbonyl (C=O) groups excluding carboxylic acids is 2. The molecule has 0 saturated heterocycles. The topological polar surface area (TPSA) is 119 Å². The van der Waals surface area contributed by atoms with Gasteiger partial charge in [0.1, 0.15) is 17.4 Å². The second-order valence-corrected chi connectivity index (χ2v) is 10.2. The normalized spacial score (nSPS) is 15.3. The number of carbonyl (C=O) groups is 2. The number of rotatable bonds is 7. The van der Waals surface area contributed by atoms with Crippen molar-refractivity contribution < 1.29 is 37.2 Å². The zero-order valence-corrected chi connectivity index (χ0v) is 21.8. The molecule has 1 heterocycles. The predicted octanol–water partition coefficient (Wildman–Crippen LogP) is 5.15. The molecule has 0 fully saturated rings. The van der Waals surface area contributed by atoms with E-state index in [1.165, 1.54) is 46.2 Å². The molecule has 3 amide bonds. The molecule has 0 aliphatic carbocycles. The van der Waals surface area contributed by atoms with Crippen LogP contribution in [0.15, 0.2) is 54.6 Å². The van der Waals surface area contributed by atoms with E-state index < -0.39 is 43.7 Å². The third-order valence-electron chi connectivity index (χ3n) is 6.24. The van der Waals surface area contributed by atoms with Crippen molar-refractivity contribution in [3.63, 3.8) is 0 Å². The molecule has 1 unspecified atom stereocenters. The van der Waals surface area contributed by atoms with Gasteiger partial charge in [-0.05, 0) is 48.9 Å². The number of phosphoric acid groups is 1. The van der Waals surface area contributed by atoms with Crippen molar-refractivity contribution in [2.75, 3.05) is 11.9 Å². The van der Waals surface area contributed by atoms with Gasteiger partial charge in [-0.1, -0.05) is 29.8 Å². The van der Waals surface area contributed by atoms with Crippen molar-refractivity contribution >= 4 is 37.0 Å². The Bertz CT molecular complexity index is 1450. The second-order valence-electron chi connectivity index (χ2n) is 8.61. The van der Waals surface area contributed by atoms with Gasteiger partial charge in [-0.15, -0.1) is 0 Å². The van der Waals surface area contributed by atoms with Crippen LogP contribution >= 0.6 is 19.4 Å². The zero-order chi connectivity index (χ0) is 27.8. The molecule has 38 heavy (non-hydrogen) atoms. The molecule has 1 aliphatic heterocycles. The summed E-state index contributed by atoms with van der Waals surface area (Å²) in [7, 11) is -3.36. The first-order valence-corrected chi connectivity index (χ1v) is 13.2. The van der Waals surface area contributed by atoms with Gasteiger partial charge in [-0.2, -0.15) is 0 Å². The number of amides is 3. The average molecular weight is 566 g/mol. The number of halogens is 3. The minimum atomic E-state index is -4.97. The van der Waals surface area contributed by atoms with Crippen LogP contribution in [0.3, 0.4) is 0 Å². The van der Waals surface area contributed by atoms with Gasteiger partial charge in [0.25, 0.3) is 5.91 Å². The molecule has 200 valence electrons. The molecule has 0 bridgehead atoms. The molecule has 0 saturated carbocycles. The Morgan fingerprint density at radius 3 is 2.42 bits per heavy atom. The SMILES string of the molecule is CC1c2ccc(C(=O)NCc3c(F)cccc3OP(=O)(O)O)cc2N(Cc2c(F)cccc2Cl)C(=O)N1C. The number of nitrogens with zero attached hydrogens (tertiary/aromatic N) is 2. The van der Waals surface area contributed by atoms with Gasteiger partial charge in [-0.3, -0.25) is 19.5 Å². The number of phosphoric ester groups is 1. The monoisotopic (exact) mass is 565 g/mol. The maximum absolute atomic E-state index is 14.5. The van der Waals surface area contributed by atoms with Crippen LogP contribution in [-0.2, 0) is 17.7 Å². The van der Waals surface area contributed by atoms with E-state index in [0.717, 1.165) is 12.1 Å². The lowest BCUT2D eigenvalue weighted by Gasteiger charge is -2.39. The van der Waals surface area contributed by atoms with Gasteiger partial charge in [-0.25, -0.2) is 18.1 Å². The van der Waals surface area contributed by atoms with E-state index in [0.29, 0.717) is 11.3 Å². The smallest absolute Gasteiger partial charge is 0.404 e. The zero-order valence-electron chi connectivity index (χ0n) is 20.2. The van der Waals surface area contributed by atoms with Gasteiger partial charge >= 0.3 is 13.9 Å². The lowest BCUT2D eigenvalue weighted by molar-refractivity contribution is 0.0950. The van der Waals surface area contributed by atoms with Crippen molar-refractivity contribution in [2.24, 2.45) is 0 Å². The first kappa shape index (κ1) is 27.5. The average Bonchev–Trinajstić information content (AvgIpc) is 2.85. The number of nitrogens with one attached hydrogen (secondary N) is 1. The highest BCUT2D eigenvalue weighted by molar-refractivity contribution is 7.46. The highest BCUT2D eigenvalue weighted by Gasteiger charge is 2.34. The van der Waals surface area contributed by atoms with Crippen LogP contribution in [0.25, 0.3) is 0 Å². The van der Waals surface area contributed by atoms with E-state index in [9.17, 15) is 22.9 Å². The Hall–Kier alpha value is -3.50. The summed E-state index contributed by atoms with van der Waals surface area (Å²) >= 11 is 6.19. The maximum atomic E-state index is 14.5. The summed E-state index contributed by atoms with van der Waals surface area (Å²) in [6.07, 6.45) is 0. The first-order chi connectivity index (χ1) is 17.9. The number of anilines is 1. The van der Waals surface area contributed by atoms with E-state index in [2.05, 4.69) is 9.84 Å². The largest absolute Gasteiger partial charge is 0.524 e. The maximum Gasteiger partial charge on any atom is 0.524 e. The summed E-state index contributed by atoms with van der Waals surface area (Å²) in [6.45, 7) is 1.19. The predicted molar refractivity (Wildman–Crippen MR) is 136 cm³/mol. The lowest BCUT2D eigenvalue weighted by Crippen LogP contribution is -2.46. The quantitative estimate of drug-likeness (QED) is 0.341. The molecule has 1 aliphatic rings. The minimum absolute atomic E-state index is 0.114. The summed E-state index contributed by atoms with van der Waals surface area (Å²) in [5.41, 5.74) is 1.06. The van der Waals surface area contributed by atoms with Crippen LogP contribution < -0.4 is 14.7 Å². The molecule has 3 aromatic rings. The Labute approximate surface area is 221 Å². The van der Waals surface area contributed by atoms with Crippen LogP contribution in [0.4, 0.5) is 19.3 Å². The third kappa shape index (κ3) is 5.66. The number of fused-ring (bicyclic) bond motifs is 1. The molecule has 3 aromatic carbocycles. The van der Waals surface area contributed by atoms with Gasteiger partial charge in [0.2, 0.25) is 0 Å². The molecule has 0 spiro atoms. The molecule has 1 atom stereocenters. The standard InChI is InChI=1S/C25H23ClF2N3O6P/c1-14-16-10-9-15(24(32)29-12-17-20(27)7-4-8-23(17)37-38(34,35)36)11-22(16)31(25(33)30(14)2)13-18-19(26)5-3-6-21(18)28/h3-11,14H,12-13H2,1-2H3,(H,29,32)(H2,34,35,36). The van der Waals surface area contributed by atoms with Crippen molar-refractivity contribution in [1.82, 2.24) is 10.2 Å². The molecule has 13 heteroatoms. The van der Waals surface area contributed by atoms with Gasteiger partial charge < -0.3 is 14.7 Å². The number of benzene rings is 3. The molecule has 0 radical (unpaired) electrons. The fourth-order valence-corrected chi connectivity index (χ4v) is 4.78. The Kier molecular flexibility index (Phi) is 7.75. The lowest BCUT2D eigenvalue weighted by atomic mass is 9.98. The van der Waals surface area contributed by atoms with E-state index in [4.69, 9.17) is 21.4 Å². The van der Waals surface area contributed by atoms with Gasteiger partial charge in [0.15, 0.2) is 0 Å². The summed E-state index contributed by atoms with van der Waals surface area (Å²) in [5, 5.41) is 2.64. The summed E-state index contributed by atoms with van der Waals surface area (Å²) < 4.78 is 44.7. The third-order valence-corrected chi connectivity index (χ3v) is 7.03. The number of urea groups is 1. The molecule has 3 N–H and O–H groups in total. The molecule has 4 rings (SSSR count). The fourth-order valence-electron chi connectivity index (χ4n) is 4.13. The van der Waals surface area contributed by atoms with Crippen LogP contribution in [0.1, 0.15) is 40.0 Å². The number of hydrogen-bond acceptors (Lipinski definition) is 4. The number of hydrogen-bond donors (Lipinski definition) is 3. The van der Waals surface area contributed by atoms with Crippen molar-refractivity contribution in [2.45, 2.75) is 26.1 Å². The van der Waals surface area contributed by atoms with E-state index in [1.807, 2.05) is 6.92 Å². The Balaban J connectivity index is 1.64. The molecule has 0 aromatic heterocycles. The molecular weight excluding hydrogens is 543 g/mol. The van der Waals surface area contributed by atoms with E-state index in [-0.39, 0.29) is 34.3 Å². The summed E-state index contributed by atoms with van der Waals surface area (Å²) in [4.78, 5) is 47.1. The van der Waals surface area contributed by atoms with Crippen molar-refractivity contribution in [3.05, 3.63) is 93.5 Å². The van der Waals surface area contributed by atoms with E-state index in [1.54, 1.807) is 13.1 Å².